The third-order valence-corrected chi connectivity index (χ3v) is 9.63. The molecule has 362 valence electrons. The topological polar surface area (TPSA) is 33.8 Å². The number of carbonyl (C=O) groups is 1. The SMILES string of the molecule is Fc1c(F)c(F)c([B-](c2c(F)c(F)c(F)c(F)c2F)(c2c(F)c(F)c(F)c(F)c2F)c2c(F)c(F)c(F)c(F)c2F)c(F)c1F.O=C(C[n+]1ccncc1)c1cc(C(F)(F)F)cc(C(F)(F)F)c1. The lowest BCUT2D eigenvalue weighted by Gasteiger charge is -2.44. The third-order valence-electron chi connectivity index (χ3n) is 9.63. The number of carbonyl (C=O) groups excluding carboxylic acids is 1. The van der Waals surface area contributed by atoms with E-state index in [1.54, 1.807) is 0 Å². The van der Waals surface area contributed by atoms with Crippen LogP contribution in [0.25, 0.3) is 0 Å². The predicted molar refractivity (Wildman–Crippen MR) is 174 cm³/mol. The Bertz CT molecular complexity index is 2610. The van der Waals surface area contributed by atoms with Crippen LogP contribution in [-0.4, -0.2) is 16.9 Å². The minimum atomic E-state index is -7.22. The lowest BCUT2D eigenvalue weighted by atomic mass is 9.12. The second kappa shape index (κ2) is 18.3. The van der Waals surface area contributed by atoms with Crippen molar-refractivity contribution in [2.24, 2.45) is 0 Å². The van der Waals surface area contributed by atoms with Crippen LogP contribution in [0, 0.1) is 116 Å². The van der Waals surface area contributed by atoms with Gasteiger partial charge in [0.1, 0.15) is 52.7 Å². The normalized spacial score (nSPS) is 12.1. The van der Waals surface area contributed by atoms with Gasteiger partial charge in [-0.15, -0.1) is 21.9 Å². The van der Waals surface area contributed by atoms with E-state index in [0.29, 0.717) is 12.1 Å². The molecule has 0 saturated heterocycles. The minimum Gasteiger partial charge on any atom is -0.287 e. The van der Waals surface area contributed by atoms with Crippen LogP contribution < -0.4 is 26.4 Å². The van der Waals surface area contributed by atoms with Crippen LogP contribution in [0.3, 0.4) is 0 Å². The first-order chi connectivity index (χ1) is 31.3. The van der Waals surface area contributed by atoms with Crippen LogP contribution in [-0.2, 0) is 18.9 Å². The molecule has 1 aromatic heterocycles. The summed E-state index contributed by atoms with van der Waals surface area (Å²) in [5.74, 6) is -72.3. The molecular formula is C38H9BF26N2O. The van der Waals surface area contributed by atoms with Gasteiger partial charge in [0.05, 0.1) is 23.5 Å². The summed E-state index contributed by atoms with van der Waals surface area (Å²) in [5, 5.41) is 0. The first-order valence-electron chi connectivity index (χ1n) is 17.1. The van der Waals surface area contributed by atoms with E-state index in [1.807, 2.05) is 0 Å². The van der Waals surface area contributed by atoms with Gasteiger partial charge in [-0.1, -0.05) is 0 Å². The highest BCUT2D eigenvalue weighted by atomic mass is 19.4. The maximum atomic E-state index is 15.4. The fraction of sp³-hybridized carbons (Fsp3) is 0.0789. The summed E-state index contributed by atoms with van der Waals surface area (Å²) in [6.07, 6.45) is -11.8. The zero-order valence-corrected chi connectivity index (χ0v) is 31.5. The van der Waals surface area contributed by atoms with Gasteiger partial charge in [-0.25, -0.2) is 87.8 Å². The van der Waals surface area contributed by atoms with E-state index in [4.69, 9.17) is 0 Å². The summed E-state index contributed by atoms with van der Waals surface area (Å²) in [5.41, 5.74) is -18.0. The summed E-state index contributed by atoms with van der Waals surface area (Å²) in [6, 6.07) is 0.814. The minimum absolute atomic E-state index is 0.0175. The summed E-state index contributed by atoms with van der Waals surface area (Å²) in [7, 11) is 0. The second-order valence-corrected chi connectivity index (χ2v) is 13.4. The number of benzene rings is 5. The molecule has 0 saturated carbocycles. The zero-order valence-electron chi connectivity index (χ0n) is 31.5. The highest BCUT2D eigenvalue weighted by molar-refractivity contribution is 7.20. The average molecular weight is 1010 g/mol. The van der Waals surface area contributed by atoms with Gasteiger partial charge in [0.15, 0.2) is 82.2 Å². The largest absolute Gasteiger partial charge is 0.416 e. The van der Waals surface area contributed by atoms with Gasteiger partial charge >= 0.3 is 12.4 Å². The van der Waals surface area contributed by atoms with Crippen molar-refractivity contribution in [2.45, 2.75) is 18.9 Å². The Morgan fingerprint density at radius 3 is 0.824 bits per heavy atom. The number of nitrogens with zero attached hydrogens (tertiary/aromatic N) is 2. The molecule has 0 atom stereocenters. The number of aromatic nitrogens is 2. The van der Waals surface area contributed by atoms with Gasteiger partial charge in [0.25, 0.3) is 0 Å². The second-order valence-electron chi connectivity index (χ2n) is 13.4. The van der Waals surface area contributed by atoms with Crippen LogP contribution in [0.5, 0.6) is 0 Å². The Kier molecular flexibility index (Phi) is 14.0. The number of halogens is 26. The van der Waals surface area contributed by atoms with E-state index >= 15 is 35.1 Å². The number of ketones is 1. The first-order valence-corrected chi connectivity index (χ1v) is 17.1. The smallest absolute Gasteiger partial charge is 0.287 e. The summed E-state index contributed by atoms with van der Waals surface area (Å²) < 4.78 is 372. The van der Waals surface area contributed by atoms with Gasteiger partial charge in [-0.05, 0) is 18.2 Å². The molecule has 68 heavy (non-hydrogen) atoms. The molecule has 0 aliphatic heterocycles. The van der Waals surface area contributed by atoms with Crippen molar-refractivity contribution in [3.8, 4) is 0 Å². The zero-order chi connectivity index (χ0) is 51.6. The van der Waals surface area contributed by atoms with Crippen molar-refractivity contribution >= 4 is 33.8 Å². The van der Waals surface area contributed by atoms with Crippen molar-refractivity contribution in [2.75, 3.05) is 0 Å². The number of alkyl halides is 6. The maximum absolute atomic E-state index is 15.4. The van der Waals surface area contributed by atoms with Gasteiger partial charge in [-0.3, -0.25) is 9.78 Å². The Labute approximate surface area is 357 Å². The Morgan fingerprint density at radius 1 is 0.382 bits per heavy atom. The lowest BCUT2D eigenvalue weighted by Crippen LogP contribution is -2.81. The molecule has 0 amide bonds. The van der Waals surface area contributed by atoms with Gasteiger partial charge < -0.3 is 0 Å². The molecule has 0 aliphatic carbocycles. The fourth-order valence-corrected chi connectivity index (χ4v) is 6.70. The molecule has 1 heterocycles. The molecule has 0 fully saturated rings. The first kappa shape index (κ1) is 52.1. The standard InChI is InChI=1S/C24BF20.C14H9F6N2O/c26-5-1(6(27)14(35)21(42)13(5)34)25(2-7(28)15(36)22(43)16(37)8(2)29,3-9(30)17(38)23(44)18(39)10(3)31)4-11(32)19(40)24(45)20(41)12(4)33;15-13(16,17)10-5-9(6-11(7-10)14(18,19)20)12(23)8-22-3-1-21-2-4-22/h;1-7H,8H2/q-1;+1. The highest BCUT2D eigenvalue weighted by Gasteiger charge is 2.52. The summed E-state index contributed by atoms with van der Waals surface area (Å²) in [4.78, 5) is 15.7. The van der Waals surface area contributed by atoms with Crippen molar-refractivity contribution in [3.05, 3.63) is 176 Å². The van der Waals surface area contributed by atoms with Crippen LogP contribution in [0.1, 0.15) is 21.5 Å². The quantitative estimate of drug-likeness (QED) is 0.0400. The highest BCUT2D eigenvalue weighted by Crippen LogP contribution is 2.37. The Hall–Kier alpha value is -6.91. The molecular weight excluding hydrogens is 1010 g/mol. The van der Waals surface area contributed by atoms with E-state index in [0.717, 1.165) is 0 Å². The van der Waals surface area contributed by atoms with Crippen LogP contribution in [0.4, 0.5) is 114 Å². The number of Topliss-reactive ketones (excluding diaryl/α,β-unsaturated/α-hetero) is 1. The van der Waals surface area contributed by atoms with Gasteiger partial charge in [0.2, 0.25) is 12.3 Å². The average Bonchev–Trinajstić information content (AvgIpc) is 3.28. The molecule has 0 aliphatic rings. The molecule has 0 bridgehead atoms. The number of rotatable bonds is 7. The van der Waals surface area contributed by atoms with Gasteiger partial charge in [-0.2, -0.15) is 30.9 Å². The van der Waals surface area contributed by atoms with E-state index < -0.39 is 186 Å². The molecule has 0 unspecified atom stereocenters. The molecule has 5 aromatic carbocycles. The van der Waals surface area contributed by atoms with Crippen molar-refractivity contribution < 1.29 is 124 Å². The molecule has 0 radical (unpaired) electrons. The van der Waals surface area contributed by atoms with E-state index in [2.05, 4.69) is 4.98 Å². The summed E-state index contributed by atoms with van der Waals surface area (Å²) >= 11 is 0. The molecule has 3 nitrogen and oxygen atoms in total. The predicted octanol–water partition coefficient (Wildman–Crippen LogP) is 9.14. The van der Waals surface area contributed by atoms with Crippen LogP contribution in [0.15, 0.2) is 43.0 Å². The monoisotopic (exact) mass is 1010 g/mol. The molecule has 6 rings (SSSR count). The van der Waals surface area contributed by atoms with Crippen molar-refractivity contribution in [1.82, 2.24) is 4.98 Å². The number of hydrogen-bond donors (Lipinski definition) is 0. The molecule has 0 spiro atoms. The van der Waals surface area contributed by atoms with Crippen molar-refractivity contribution in [1.29, 1.82) is 0 Å². The fourth-order valence-electron chi connectivity index (χ4n) is 6.70. The molecule has 30 heteroatoms. The lowest BCUT2D eigenvalue weighted by molar-refractivity contribution is -0.683. The van der Waals surface area contributed by atoms with E-state index in [9.17, 15) is 83.8 Å². The maximum Gasteiger partial charge on any atom is 0.416 e. The molecule has 6 aromatic rings. The van der Waals surface area contributed by atoms with E-state index in [1.165, 1.54) is 29.4 Å². The van der Waals surface area contributed by atoms with E-state index in [-0.39, 0.29) is 6.07 Å². The third kappa shape index (κ3) is 8.51. The van der Waals surface area contributed by atoms with Gasteiger partial charge in [0, 0.05) is 5.56 Å². The Morgan fingerprint density at radius 2 is 0.603 bits per heavy atom. The summed E-state index contributed by atoms with van der Waals surface area (Å²) in [6.45, 7) is -0.402. The van der Waals surface area contributed by atoms with Crippen LogP contribution >= 0.6 is 0 Å². The number of hydrogen-bond acceptors (Lipinski definition) is 2. The Balaban J connectivity index is 0.000000314. The van der Waals surface area contributed by atoms with Crippen molar-refractivity contribution in [3.63, 3.8) is 0 Å². The molecule has 0 N–H and O–H groups in total. The van der Waals surface area contributed by atoms with Crippen LogP contribution in [0.2, 0.25) is 0 Å².